The van der Waals surface area contributed by atoms with Crippen LogP contribution >= 0.6 is 0 Å². The molecule has 0 bridgehead atoms. The molecule has 27 heavy (non-hydrogen) atoms. The van der Waals surface area contributed by atoms with Crippen molar-refractivity contribution in [3.8, 4) is 11.5 Å². The summed E-state index contributed by atoms with van der Waals surface area (Å²) >= 11 is 0. The van der Waals surface area contributed by atoms with Crippen LogP contribution in [0, 0.1) is 0 Å². The first-order chi connectivity index (χ1) is 13.1. The maximum atomic E-state index is 12.8. The van der Waals surface area contributed by atoms with Crippen molar-refractivity contribution in [3.63, 3.8) is 0 Å². The van der Waals surface area contributed by atoms with Crippen molar-refractivity contribution in [1.29, 1.82) is 0 Å². The normalized spacial score (nSPS) is 13.5. The van der Waals surface area contributed by atoms with E-state index in [1.54, 1.807) is 19.1 Å². The van der Waals surface area contributed by atoms with Gasteiger partial charge in [-0.1, -0.05) is 24.3 Å². The monoisotopic (exact) mass is 368 g/mol. The summed E-state index contributed by atoms with van der Waals surface area (Å²) in [4.78, 5) is 16.8. The summed E-state index contributed by atoms with van der Waals surface area (Å²) < 4.78 is 10.5. The van der Waals surface area contributed by atoms with E-state index in [-0.39, 0.29) is 5.91 Å². The largest absolute Gasteiger partial charge is 0.497 e. The number of methoxy groups -OCH3 is 2. The zero-order chi connectivity index (χ0) is 19.2. The minimum absolute atomic E-state index is 0.137. The lowest BCUT2D eigenvalue weighted by molar-refractivity contribution is -0.132. The van der Waals surface area contributed by atoms with Gasteiger partial charge in [0.2, 0.25) is 5.91 Å². The summed E-state index contributed by atoms with van der Waals surface area (Å²) in [5.41, 5.74) is 2.27. The number of amides is 1. The molecule has 3 rings (SSSR count). The van der Waals surface area contributed by atoms with E-state index in [0.717, 1.165) is 23.6 Å². The summed E-state index contributed by atoms with van der Waals surface area (Å²) in [5, 5.41) is 0. The summed E-state index contributed by atoms with van der Waals surface area (Å²) in [5.74, 6) is 1.80. The fourth-order valence-electron chi connectivity index (χ4n) is 3.15. The van der Waals surface area contributed by atoms with E-state index >= 15 is 0 Å². The van der Waals surface area contributed by atoms with Gasteiger partial charge in [0, 0.05) is 26.2 Å². The van der Waals surface area contributed by atoms with Crippen molar-refractivity contribution in [1.82, 2.24) is 9.80 Å². The van der Waals surface area contributed by atoms with E-state index in [9.17, 15) is 4.79 Å². The summed E-state index contributed by atoms with van der Waals surface area (Å²) in [7, 11) is 5.18. The first-order valence-corrected chi connectivity index (χ1v) is 9.33. The van der Waals surface area contributed by atoms with E-state index < -0.39 is 0 Å². The van der Waals surface area contributed by atoms with Crippen molar-refractivity contribution >= 4 is 5.91 Å². The second kappa shape index (κ2) is 8.91. The number of ether oxygens (including phenoxy) is 2. The Balaban J connectivity index is 1.58. The van der Waals surface area contributed by atoms with Gasteiger partial charge in [0.05, 0.1) is 20.8 Å². The number of carbonyl (C=O) groups excluding carboxylic acids is 1. The van der Waals surface area contributed by atoms with Gasteiger partial charge < -0.3 is 14.4 Å². The molecule has 0 spiro atoms. The maximum Gasteiger partial charge on any atom is 0.236 e. The van der Waals surface area contributed by atoms with Gasteiger partial charge in [-0.05, 0) is 48.2 Å². The lowest BCUT2D eigenvalue weighted by atomic mass is 10.2. The topological polar surface area (TPSA) is 42.0 Å². The van der Waals surface area contributed by atoms with Crippen LogP contribution in [0.1, 0.15) is 24.0 Å². The highest BCUT2D eigenvalue weighted by atomic mass is 16.5. The fraction of sp³-hybridized carbons (Fsp3) is 0.409. The highest BCUT2D eigenvalue weighted by Gasteiger charge is 2.31. The molecule has 0 radical (unpaired) electrons. The number of hydrogen-bond acceptors (Lipinski definition) is 4. The molecule has 1 aliphatic carbocycles. The molecule has 5 heteroatoms. The van der Waals surface area contributed by atoms with Crippen LogP contribution in [0.25, 0.3) is 0 Å². The third-order valence-corrected chi connectivity index (χ3v) is 4.93. The van der Waals surface area contributed by atoms with Crippen molar-refractivity contribution < 1.29 is 14.3 Å². The predicted molar refractivity (Wildman–Crippen MR) is 106 cm³/mol. The van der Waals surface area contributed by atoms with Gasteiger partial charge in [0.1, 0.15) is 11.5 Å². The molecule has 0 heterocycles. The van der Waals surface area contributed by atoms with Crippen molar-refractivity contribution in [2.45, 2.75) is 32.0 Å². The van der Waals surface area contributed by atoms with E-state index in [4.69, 9.17) is 9.47 Å². The summed E-state index contributed by atoms with van der Waals surface area (Å²) in [6.07, 6.45) is 2.34. The van der Waals surface area contributed by atoms with Gasteiger partial charge >= 0.3 is 0 Å². The predicted octanol–water partition coefficient (Wildman–Crippen LogP) is 3.33. The van der Waals surface area contributed by atoms with Crippen LogP contribution in [0.15, 0.2) is 48.5 Å². The number of likely N-dealkylation sites (N-methyl/N-ethyl adjacent to an activating group) is 1. The second-order valence-corrected chi connectivity index (χ2v) is 7.09. The molecule has 2 aromatic carbocycles. The number of hydrogen-bond donors (Lipinski definition) is 0. The highest BCUT2D eigenvalue weighted by molar-refractivity contribution is 5.78. The quantitative estimate of drug-likeness (QED) is 0.681. The molecule has 2 aromatic rings. The maximum absolute atomic E-state index is 12.8. The molecule has 0 unspecified atom stereocenters. The smallest absolute Gasteiger partial charge is 0.236 e. The average molecular weight is 368 g/mol. The molecule has 1 fully saturated rings. The van der Waals surface area contributed by atoms with E-state index in [1.807, 2.05) is 43.4 Å². The Morgan fingerprint density at radius 3 is 2.30 bits per heavy atom. The van der Waals surface area contributed by atoms with Crippen LogP contribution in [0.2, 0.25) is 0 Å². The van der Waals surface area contributed by atoms with Crippen molar-refractivity contribution in [2.75, 3.05) is 27.8 Å². The van der Waals surface area contributed by atoms with Crippen LogP contribution in [-0.2, 0) is 17.9 Å². The van der Waals surface area contributed by atoms with E-state index in [0.29, 0.717) is 19.1 Å². The molecular formula is C22H28N2O3. The molecule has 5 nitrogen and oxygen atoms in total. The molecule has 1 saturated carbocycles. The molecule has 0 atom stereocenters. The van der Waals surface area contributed by atoms with Gasteiger partial charge in [-0.15, -0.1) is 0 Å². The van der Waals surface area contributed by atoms with Crippen LogP contribution in [0.5, 0.6) is 11.5 Å². The summed E-state index contributed by atoms with van der Waals surface area (Å²) in [6.45, 7) is 1.81. The van der Waals surface area contributed by atoms with Gasteiger partial charge in [-0.2, -0.15) is 0 Å². The highest BCUT2D eigenvalue weighted by Crippen LogP contribution is 2.28. The minimum Gasteiger partial charge on any atom is -0.497 e. The Bertz CT molecular complexity index is 756. The van der Waals surface area contributed by atoms with E-state index in [2.05, 4.69) is 17.0 Å². The van der Waals surface area contributed by atoms with E-state index in [1.165, 1.54) is 18.4 Å². The minimum atomic E-state index is 0.137. The lowest BCUT2D eigenvalue weighted by Gasteiger charge is -2.25. The summed E-state index contributed by atoms with van der Waals surface area (Å²) in [6, 6.07) is 16.4. The Morgan fingerprint density at radius 2 is 1.67 bits per heavy atom. The van der Waals surface area contributed by atoms with Crippen LogP contribution < -0.4 is 9.47 Å². The molecule has 144 valence electrons. The first-order valence-electron chi connectivity index (χ1n) is 9.33. The van der Waals surface area contributed by atoms with Crippen molar-refractivity contribution in [3.05, 3.63) is 59.7 Å². The third kappa shape index (κ3) is 5.47. The van der Waals surface area contributed by atoms with Gasteiger partial charge in [0.25, 0.3) is 0 Å². The van der Waals surface area contributed by atoms with Gasteiger partial charge in [-0.3, -0.25) is 9.69 Å². The number of benzene rings is 2. The molecule has 0 aliphatic heterocycles. The molecule has 1 amide bonds. The third-order valence-electron chi connectivity index (χ3n) is 4.93. The Hall–Kier alpha value is -2.53. The Labute approximate surface area is 161 Å². The molecule has 0 aromatic heterocycles. The SMILES string of the molecule is COc1ccc(CN(CC(=O)N(C)Cc2cccc(OC)c2)C2CC2)cc1. The van der Waals surface area contributed by atoms with Crippen molar-refractivity contribution in [2.24, 2.45) is 0 Å². The first kappa shape index (κ1) is 19.2. The van der Waals surface area contributed by atoms with Crippen LogP contribution in [0.4, 0.5) is 0 Å². The molecular weight excluding hydrogens is 340 g/mol. The zero-order valence-corrected chi connectivity index (χ0v) is 16.4. The van der Waals surface area contributed by atoms with Gasteiger partial charge in [-0.25, -0.2) is 0 Å². The molecule has 0 N–H and O–H groups in total. The second-order valence-electron chi connectivity index (χ2n) is 7.09. The Kier molecular flexibility index (Phi) is 6.35. The average Bonchev–Trinajstić information content (AvgIpc) is 3.53. The zero-order valence-electron chi connectivity index (χ0n) is 16.4. The molecule has 0 saturated heterocycles. The van der Waals surface area contributed by atoms with Crippen LogP contribution in [0.3, 0.4) is 0 Å². The van der Waals surface area contributed by atoms with Crippen LogP contribution in [-0.4, -0.2) is 49.6 Å². The standard InChI is InChI=1S/C22H28N2O3/c1-23(14-18-5-4-6-21(13-18)27-3)22(25)16-24(19-9-10-19)15-17-7-11-20(26-2)12-8-17/h4-8,11-13,19H,9-10,14-16H2,1-3H3. The molecule has 1 aliphatic rings. The Morgan fingerprint density at radius 1 is 0.963 bits per heavy atom. The fourth-order valence-corrected chi connectivity index (χ4v) is 3.15. The van der Waals surface area contributed by atoms with Gasteiger partial charge in [0.15, 0.2) is 0 Å². The number of carbonyl (C=O) groups is 1. The lowest BCUT2D eigenvalue weighted by Crippen LogP contribution is -2.38. The number of rotatable bonds is 9. The number of nitrogens with zero attached hydrogens (tertiary/aromatic N) is 2.